The van der Waals surface area contributed by atoms with Gasteiger partial charge in [0.25, 0.3) is 0 Å². The molecule has 0 saturated carbocycles. The first-order valence-corrected chi connectivity index (χ1v) is 7.51. The van der Waals surface area contributed by atoms with Gasteiger partial charge < -0.3 is 10.1 Å². The van der Waals surface area contributed by atoms with E-state index in [0.717, 1.165) is 30.1 Å². The lowest BCUT2D eigenvalue weighted by atomic mass is 10.1. The number of rotatable bonds is 6. The van der Waals surface area contributed by atoms with Gasteiger partial charge in [0.1, 0.15) is 17.9 Å². The van der Waals surface area contributed by atoms with Crippen LogP contribution in [-0.2, 0) is 6.42 Å². The topological polar surface area (TPSA) is 47.0 Å². The number of hydrogen-bond acceptors (Lipinski definition) is 4. The number of benzene rings is 1. The highest BCUT2D eigenvalue weighted by atomic mass is 16.5. The molecule has 0 saturated heterocycles. The van der Waals surface area contributed by atoms with Gasteiger partial charge in [-0.3, -0.25) is 0 Å². The third-order valence-corrected chi connectivity index (χ3v) is 3.33. The fourth-order valence-corrected chi connectivity index (χ4v) is 2.29. The number of para-hydroxylation sites is 1. The fourth-order valence-electron chi connectivity index (χ4n) is 2.29. The standard InChI is InChI=1S/C17H23N3O/c1-5-13-9-7-8-10-14(13)21-17-15(12(3)4)16(18-6-2)19-11-20-17/h7-12H,5-6H2,1-4H3,(H,18,19,20). The lowest BCUT2D eigenvalue weighted by molar-refractivity contribution is 0.447. The Morgan fingerprint density at radius 1 is 1.14 bits per heavy atom. The Balaban J connectivity index is 2.41. The van der Waals surface area contributed by atoms with Gasteiger partial charge in [-0.25, -0.2) is 9.97 Å². The second-order valence-corrected chi connectivity index (χ2v) is 5.19. The van der Waals surface area contributed by atoms with Crippen LogP contribution in [0.4, 0.5) is 5.82 Å². The van der Waals surface area contributed by atoms with E-state index < -0.39 is 0 Å². The van der Waals surface area contributed by atoms with Crippen LogP contribution in [0.1, 0.15) is 44.7 Å². The third kappa shape index (κ3) is 3.51. The average Bonchev–Trinajstić information content (AvgIpc) is 2.48. The molecule has 0 unspecified atom stereocenters. The smallest absolute Gasteiger partial charge is 0.227 e. The predicted molar refractivity (Wildman–Crippen MR) is 86.2 cm³/mol. The lowest BCUT2D eigenvalue weighted by Gasteiger charge is -2.17. The van der Waals surface area contributed by atoms with Gasteiger partial charge in [0.15, 0.2) is 0 Å². The van der Waals surface area contributed by atoms with Crippen molar-refractivity contribution in [2.24, 2.45) is 0 Å². The molecule has 4 heteroatoms. The van der Waals surface area contributed by atoms with E-state index in [1.807, 2.05) is 18.2 Å². The molecule has 1 heterocycles. The summed E-state index contributed by atoms with van der Waals surface area (Å²) in [6.07, 6.45) is 2.48. The average molecular weight is 285 g/mol. The van der Waals surface area contributed by atoms with E-state index in [1.54, 1.807) is 6.33 Å². The summed E-state index contributed by atoms with van der Waals surface area (Å²) in [6, 6.07) is 8.07. The van der Waals surface area contributed by atoms with Crippen LogP contribution in [0.3, 0.4) is 0 Å². The van der Waals surface area contributed by atoms with Crippen molar-refractivity contribution in [3.8, 4) is 11.6 Å². The minimum atomic E-state index is 0.282. The van der Waals surface area contributed by atoms with E-state index in [0.29, 0.717) is 5.88 Å². The van der Waals surface area contributed by atoms with Gasteiger partial charge in [-0.05, 0) is 30.9 Å². The molecule has 1 aromatic carbocycles. The Labute approximate surface area is 126 Å². The van der Waals surface area contributed by atoms with Crippen LogP contribution in [0.2, 0.25) is 0 Å². The normalized spacial score (nSPS) is 10.7. The first-order chi connectivity index (χ1) is 10.2. The van der Waals surface area contributed by atoms with Crippen LogP contribution in [0.5, 0.6) is 11.6 Å². The highest BCUT2D eigenvalue weighted by molar-refractivity contribution is 5.52. The Hall–Kier alpha value is -2.10. The zero-order chi connectivity index (χ0) is 15.2. The quantitative estimate of drug-likeness (QED) is 0.855. The number of aromatic nitrogens is 2. The molecule has 0 amide bonds. The number of aryl methyl sites for hydroxylation is 1. The van der Waals surface area contributed by atoms with Gasteiger partial charge >= 0.3 is 0 Å². The van der Waals surface area contributed by atoms with Gasteiger partial charge in [0, 0.05) is 6.54 Å². The summed E-state index contributed by atoms with van der Waals surface area (Å²) in [6.45, 7) is 9.24. The number of anilines is 1. The monoisotopic (exact) mass is 285 g/mol. The lowest BCUT2D eigenvalue weighted by Crippen LogP contribution is -2.07. The van der Waals surface area contributed by atoms with Gasteiger partial charge in [-0.2, -0.15) is 0 Å². The number of ether oxygens (including phenoxy) is 1. The summed E-state index contributed by atoms with van der Waals surface area (Å²) in [5.41, 5.74) is 2.20. The zero-order valence-corrected chi connectivity index (χ0v) is 13.2. The van der Waals surface area contributed by atoms with Crippen LogP contribution in [-0.4, -0.2) is 16.5 Å². The molecule has 112 valence electrons. The van der Waals surface area contributed by atoms with Crippen molar-refractivity contribution in [2.75, 3.05) is 11.9 Å². The molecular formula is C17H23N3O. The maximum atomic E-state index is 6.09. The van der Waals surface area contributed by atoms with Crippen molar-refractivity contribution in [1.82, 2.24) is 9.97 Å². The van der Waals surface area contributed by atoms with Crippen LogP contribution >= 0.6 is 0 Å². The SMILES string of the molecule is CCNc1ncnc(Oc2ccccc2CC)c1C(C)C. The van der Waals surface area contributed by atoms with E-state index in [1.165, 1.54) is 5.56 Å². The number of nitrogens with one attached hydrogen (secondary N) is 1. The first-order valence-electron chi connectivity index (χ1n) is 7.51. The second-order valence-electron chi connectivity index (χ2n) is 5.19. The van der Waals surface area contributed by atoms with Crippen molar-refractivity contribution < 1.29 is 4.74 Å². The highest BCUT2D eigenvalue weighted by Crippen LogP contribution is 2.34. The van der Waals surface area contributed by atoms with E-state index in [4.69, 9.17) is 4.74 Å². The Kier molecular flexibility index (Phi) is 5.14. The molecule has 0 spiro atoms. The molecule has 1 aromatic heterocycles. The van der Waals surface area contributed by atoms with Crippen LogP contribution in [0, 0.1) is 0 Å². The summed E-state index contributed by atoms with van der Waals surface area (Å²) < 4.78 is 6.09. The van der Waals surface area contributed by atoms with Crippen molar-refractivity contribution in [3.05, 3.63) is 41.7 Å². The van der Waals surface area contributed by atoms with E-state index in [9.17, 15) is 0 Å². The molecule has 0 radical (unpaired) electrons. The molecule has 1 N–H and O–H groups in total. The van der Waals surface area contributed by atoms with Gasteiger partial charge in [0.2, 0.25) is 5.88 Å². The molecule has 0 fully saturated rings. The first kappa shape index (κ1) is 15.3. The molecule has 0 atom stereocenters. The number of nitrogens with zero attached hydrogens (tertiary/aromatic N) is 2. The highest BCUT2D eigenvalue weighted by Gasteiger charge is 2.17. The molecule has 2 rings (SSSR count). The maximum Gasteiger partial charge on any atom is 0.227 e. The van der Waals surface area contributed by atoms with Gasteiger partial charge in [-0.15, -0.1) is 0 Å². The summed E-state index contributed by atoms with van der Waals surface area (Å²) in [5.74, 6) is 2.63. The van der Waals surface area contributed by atoms with E-state index >= 15 is 0 Å². The van der Waals surface area contributed by atoms with Crippen molar-refractivity contribution in [1.29, 1.82) is 0 Å². The van der Waals surface area contributed by atoms with Crippen LogP contribution < -0.4 is 10.1 Å². The molecule has 2 aromatic rings. The van der Waals surface area contributed by atoms with E-state index in [2.05, 4.69) is 49.0 Å². The largest absolute Gasteiger partial charge is 0.438 e. The molecule has 0 aliphatic carbocycles. The summed E-state index contributed by atoms with van der Waals surface area (Å²) >= 11 is 0. The Bertz CT molecular complexity index is 596. The Morgan fingerprint density at radius 3 is 2.57 bits per heavy atom. The maximum absolute atomic E-state index is 6.09. The van der Waals surface area contributed by atoms with Gasteiger partial charge in [0.05, 0.1) is 5.56 Å². The molecule has 0 aliphatic rings. The summed E-state index contributed by atoms with van der Waals surface area (Å²) in [4.78, 5) is 8.67. The summed E-state index contributed by atoms with van der Waals surface area (Å²) in [5, 5.41) is 3.28. The van der Waals surface area contributed by atoms with E-state index in [-0.39, 0.29) is 5.92 Å². The van der Waals surface area contributed by atoms with Crippen molar-refractivity contribution >= 4 is 5.82 Å². The van der Waals surface area contributed by atoms with Crippen molar-refractivity contribution in [3.63, 3.8) is 0 Å². The minimum absolute atomic E-state index is 0.282. The second kappa shape index (κ2) is 7.07. The minimum Gasteiger partial charge on any atom is -0.438 e. The van der Waals surface area contributed by atoms with Crippen LogP contribution in [0.25, 0.3) is 0 Å². The summed E-state index contributed by atoms with van der Waals surface area (Å²) in [7, 11) is 0. The molecular weight excluding hydrogens is 262 g/mol. The number of hydrogen-bond donors (Lipinski definition) is 1. The third-order valence-electron chi connectivity index (χ3n) is 3.33. The Morgan fingerprint density at radius 2 is 1.90 bits per heavy atom. The fraction of sp³-hybridized carbons (Fsp3) is 0.412. The molecule has 0 aliphatic heterocycles. The molecule has 0 bridgehead atoms. The van der Waals surface area contributed by atoms with Crippen molar-refractivity contribution in [2.45, 2.75) is 40.0 Å². The zero-order valence-electron chi connectivity index (χ0n) is 13.2. The molecule has 21 heavy (non-hydrogen) atoms. The van der Waals surface area contributed by atoms with Crippen LogP contribution in [0.15, 0.2) is 30.6 Å². The molecule has 4 nitrogen and oxygen atoms in total. The van der Waals surface area contributed by atoms with Gasteiger partial charge in [-0.1, -0.05) is 39.0 Å². The predicted octanol–water partition coefficient (Wildman–Crippen LogP) is 4.39.